The summed E-state index contributed by atoms with van der Waals surface area (Å²) in [6, 6.07) is 4.43. The second-order valence-corrected chi connectivity index (χ2v) is 5.07. The van der Waals surface area contributed by atoms with Crippen molar-refractivity contribution in [1.82, 2.24) is 19.7 Å². The van der Waals surface area contributed by atoms with E-state index in [4.69, 9.17) is 4.74 Å². The fourth-order valence-corrected chi connectivity index (χ4v) is 2.67. The van der Waals surface area contributed by atoms with E-state index in [1.54, 1.807) is 24.3 Å². The molecule has 3 rings (SSSR count). The zero-order valence-corrected chi connectivity index (χ0v) is 11.6. The number of aromatic nitrogens is 4. The minimum absolute atomic E-state index is 0.414. The highest BCUT2D eigenvalue weighted by atomic mass is 16.5. The third-order valence-corrected chi connectivity index (χ3v) is 3.79. The topological polar surface area (TPSA) is 64.9 Å². The molecule has 0 radical (unpaired) electrons. The van der Waals surface area contributed by atoms with E-state index in [0.29, 0.717) is 12.1 Å². The number of rotatable bonds is 4. The molecule has 0 aromatic carbocycles. The number of hydrogen-bond donors (Lipinski definition) is 1. The first-order valence-electron chi connectivity index (χ1n) is 6.96. The molecule has 1 fully saturated rings. The van der Waals surface area contributed by atoms with Gasteiger partial charge in [0.25, 0.3) is 0 Å². The average Bonchev–Trinajstić information content (AvgIpc) is 3.03. The molecule has 0 saturated heterocycles. The third kappa shape index (κ3) is 2.80. The van der Waals surface area contributed by atoms with Gasteiger partial charge in [0.2, 0.25) is 0 Å². The van der Waals surface area contributed by atoms with Crippen molar-refractivity contribution in [2.24, 2.45) is 0 Å². The van der Waals surface area contributed by atoms with Gasteiger partial charge in [-0.05, 0) is 37.8 Å². The first kappa shape index (κ1) is 13.1. The normalized spacial score (nSPS) is 22.6. The van der Waals surface area contributed by atoms with Crippen LogP contribution in [0.25, 0.3) is 5.82 Å². The maximum atomic E-state index is 5.41. The van der Waals surface area contributed by atoms with Crippen molar-refractivity contribution >= 4 is 5.69 Å². The van der Waals surface area contributed by atoms with Crippen LogP contribution in [0.2, 0.25) is 0 Å². The highest BCUT2D eigenvalue weighted by Crippen LogP contribution is 2.25. The Hall–Kier alpha value is -1.95. The molecular formula is C14H19N5O. The minimum Gasteiger partial charge on any atom is -0.381 e. The summed E-state index contributed by atoms with van der Waals surface area (Å²) in [5, 5.41) is 7.72. The van der Waals surface area contributed by atoms with Crippen LogP contribution in [0.15, 0.2) is 31.0 Å². The summed E-state index contributed by atoms with van der Waals surface area (Å²) in [7, 11) is 1.79. The van der Waals surface area contributed by atoms with Crippen molar-refractivity contribution in [2.75, 3.05) is 12.4 Å². The van der Waals surface area contributed by atoms with E-state index in [1.165, 1.54) is 6.33 Å². The van der Waals surface area contributed by atoms with Gasteiger partial charge in [-0.25, -0.2) is 14.6 Å². The molecule has 20 heavy (non-hydrogen) atoms. The van der Waals surface area contributed by atoms with Gasteiger partial charge in [0, 0.05) is 19.3 Å². The molecule has 0 aliphatic heterocycles. The molecule has 6 nitrogen and oxygen atoms in total. The number of hydrogen-bond acceptors (Lipinski definition) is 5. The molecular weight excluding hydrogens is 254 g/mol. The average molecular weight is 273 g/mol. The van der Waals surface area contributed by atoms with Crippen molar-refractivity contribution in [3.05, 3.63) is 31.0 Å². The summed E-state index contributed by atoms with van der Waals surface area (Å²) in [6.07, 6.45) is 9.80. The molecule has 0 bridgehead atoms. The maximum Gasteiger partial charge on any atom is 0.178 e. The molecule has 1 N–H and O–H groups in total. The largest absolute Gasteiger partial charge is 0.381 e. The number of methoxy groups -OCH3 is 1. The quantitative estimate of drug-likeness (QED) is 0.923. The number of nitrogens with one attached hydrogen (secondary N) is 1. The molecule has 1 aliphatic rings. The van der Waals surface area contributed by atoms with Crippen molar-refractivity contribution in [3.8, 4) is 5.82 Å². The monoisotopic (exact) mass is 273 g/mol. The van der Waals surface area contributed by atoms with Crippen LogP contribution < -0.4 is 5.32 Å². The molecule has 0 unspecified atom stereocenters. The lowest BCUT2D eigenvalue weighted by Gasteiger charge is -2.29. The van der Waals surface area contributed by atoms with Gasteiger partial charge in [0.15, 0.2) is 5.82 Å². The summed E-state index contributed by atoms with van der Waals surface area (Å²) in [6.45, 7) is 0. The van der Waals surface area contributed by atoms with E-state index in [9.17, 15) is 0 Å². The molecule has 0 spiro atoms. The molecule has 106 valence electrons. The van der Waals surface area contributed by atoms with Gasteiger partial charge >= 0.3 is 0 Å². The molecule has 1 saturated carbocycles. The molecule has 0 atom stereocenters. The van der Waals surface area contributed by atoms with Crippen LogP contribution in [0.5, 0.6) is 0 Å². The first-order valence-corrected chi connectivity index (χ1v) is 6.96. The van der Waals surface area contributed by atoms with E-state index < -0.39 is 0 Å². The van der Waals surface area contributed by atoms with Gasteiger partial charge < -0.3 is 10.1 Å². The van der Waals surface area contributed by atoms with E-state index in [-0.39, 0.29) is 0 Å². The number of nitrogens with zero attached hydrogens (tertiary/aromatic N) is 4. The van der Waals surface area contributed by atoms with Crippen LogP contribution in [0.1, 0.15) is 25.7 Å². The Kier molecular flexibility index (Phi) is 3.92. The lowest BCUT2D eigenvalue weighted by molar-refractivity contribution is 0.0682. The SMILES string of the molecule is COC1CCC(Nc2cccnc2-n2cncn2)CC1. The predicted octanol–water partition coefficient (Wildman–Crippen LogP) is 2.03. The lowest BCUT2D eigenvalue weighted by Crippen LogP contribution is -2.29. The Morgan fingerprint density at radius 1 is 1.30 bits per heavy atom. The number of anilines is 1. The summed E-state index contributed by atoms with van der Waals surface area (Å²) in [5.41, 5.74) is 0.999. The highest BCUT2D eigenvalue weighted by Gasteiger charge is 2.21. The van der Waals surface area contributed by atoms with Crippen LogP contribution in [0.3, 0.4) is 0 Å². The van der Waals surface area contributed by atoms with Crippen LogP contribution in [-0.2, 0) is 4.74 Å². The van der Waals surface area contributed by atoms with Gasteiger partial charge in [0.05, 0.1) is 11.8 Å². The maximum absolute atomic E-state index is 5.41. The second kappa shape index (κ2) is 6.00. The number of ether oxygens (including phenoxy) is 1. The number of pyridine rings is 1. The van der Waals surface area contributed by atoms with Crippen LogP contribution in [-0.4, -0.2) is 39.0 Å². The van der Waals surface area contributed by atoms with E-state index >= 15 is 0 Å². The van der Waals surface area contributed by atoms with Gasteiger partial charge in [0.1, 0.15) is 12.7 Å². The molecule has 1 aliphatic carbocycles. The van der Waals surface area contributed by atoms with Gasteiger partial charge in [-0.2, -0.15) is 5.10 Å². The van der Waals surface area contributed by atoms with Crippen LogP contribution in [0, 0.1) is 0 Å². The summed E-state index contributed by atoms with van der Waals surface area (Å²) < 4.78 is 7.09. The summed E-state index contributed by atoms with van der Waals surface area (Å²) in [5.74, 6) is 0.791. The Labute approximate surface area is 118 Å². The second-order valence-electron chi connectivity index (χ2n) is 5.07. The Morgan fingerprint density at radius 3 is 2.85 bits per heavy atom. The van der Waals surface area contributed by atoms with Crippen LogP contribution in [0.4, 0.5) is 5.69 Å². The smallest absolute Gasteiger partial charge is 0.178 e. The molecule has 2 aromatic heterocycles. The van der Waals surface area contributed by atoms with Crippen LogP contribution >= 0.6 is 0 Å². The zero-order valence-electron chi connectivity index (χ0n) is 11.6. The molecule has 2 aromatic rings. The van der Waals surface area contributed by atoms with Gasteiger partial charge in [-0.1, -0.05) is 0 Å². The summed E-state index contributed by atoms with van der Waals surface area (Å²) >= 11 is 0. The zero-order chi connectivity index (χ0) is 13.8. The summed E-state index contributed by atoms with van der Waals surface area (Å²) in [4.78, 5) is 8.37. The minimum atomic E-state index is 0.414. The molecule has 6 heteroatoms. The Balaban J connectivity index is 1.72. The lowest BCUT2D eigenvalue weighted by atomic mass is 9.93. The predicted molar refractivity (Wildman–Crippen MR) is 75.8 cm³/mol. The standard InChI is InChI=1S/C14H19N5O/c1-20-12-6-4-11(5-7-12)18-13-3-2-8-16-14(13)19-10-15-9-17-19/h2-3,8-12,18H,4-7H2,1H3. The van der Waals surface area contributed by atoms with E-state index in [2.05, 4.69) is 20.4 Å². The molecule has 2 heterocycles. The van der Waals surface area contributed by atoms with Gasteiger partial charge in [-0.15, -0.1) is 0 Å². The third-order valence-electron chi connectivity index (χ3n) is 3.79. The van der Waals surface area contributed by atoms with Crippen molar-refractivity contribution in [2.45, 2.75) is 37.8 Å². The van der Waals surface area contributed by atoms with Gasteiger partial charge in [-0.3, -0.25) is 0 Å². The fourth-order valence-electron chi connectivity index (χ4n) is 2.67. The van der Waals surface area contributed by atoms with Crippen molar-refractivity contribution < 1.29 is 4.74 Å². The highest BCUT2D eigenvalue weighted by molar-refractivity contribution is 5.56. The Bertz CT molecular complexity index is 534. The van der Waals surface area contributed by atoms with Crippen molar-refractivity contribution in [1.29, 1.82) is 0 Å². The Morgan fingerprint density at radius 2 is 2.15 bits per heavy atom. The van der Waals surface area contributed by atoms with E-state index in [0.717, 1.165) is 37.2 Å². The van der Waals surface area contributed by atoms with Crippen molar-refractivity contribution in [3.63, 3.8) is 0 Å². The first-order chi connectivity index (χ1) is 9.86. The molecule has 0 amide bonds. The van der Waals surface area contributed by atoms with E-state index in [1.807, 2.05) is 12.1 Å². The fraction of sp³-hybridized carbons (Fsp3) is 0.500.